The van der Waals surface area contributed by atoms with Gasteiger partial charge in [-0.15, -0.1) is 0 Å². The summed E-state index contributed by atoms with van der Waals surface area (Å²) in [4.78, 5) is 12.8. The number of halogens is 3. The first-order valence-electron chi connectivity index (χ1n) is 7.46. The van der Waals surface area contributed by atoms with E-state index in [-0.39, 0.29) is 22.3 Å². The smallest absolute Gasteiger partial charge is 0.392 e. The van der Waals surface area contributed by atoms with Gasteiger partial charge < -0.3 is 4.42 Å². The van der Waals surface area contributed by atoms with Crippen LogP contribution in [-0.4, -0.2) is 6.18 Å². The van der Waals surface area contributed by atoms with Crippen LogP contribution in [0.2, 0.25) is 0 Å². The van der Waals surface area contributed by atoms with Crippen molar-refractivity contribution in [2.45, 2.75) is 26.4 Å². The standard InChI is InChI=1S/C19H17F3O2/c1-3-7-13(11-12-19(20,21)22)17-16(8-4-2)24-15-10-6-5-9-14(15)18(17)23/h3-11H,12H2,1-2H3/b7-3-,8-4-,13-11+. The van der Waals surface area contributed by atoms with Gasteiger partial charge in [0.15, 0.2) is 0 Å². The maximum atomic E-state index is 12.8. The lowest BCUT2D eigenvalue weighted by Gasteiger charge is -2.09. The number of allylic oxidation sites excluding steroid dienone is 5. The van der Waals surface area contributed by atoms with Gasteiger partial charge in [0.25, 0.3) is 0 Å². The number of para-hydroxylation sites is 1. The zero-order valence-corrected chi connectivity index (χ0v) is 13.4. The van der Waals surface area contributed by atoms with Crippen molar-refractivity contribution in [2.24, 2.45) is 0 Å². The molecule has 0 amide bonds. The van der Waals surface area contributed by atoms with E-state index in [0.717, 1.165) is 6.08 Å². The van der Waals surface area contributed by atoms with Gasteiger partial charge in [0.05, 0.1) is 17.4 Å². The monoisotopic (exact) mass is 334 g/mol. The fourth-order valence-electron chi connectivity index (χ4n) is 2.36. The van der Waals surface area contributed by atoms with E-state index < -0.39 is 12.6 Å². The van der Waals surface area contributed by atoms with Gasteiger partial charge in [-0.1, -0.05) is 36.4 Å². The highest BCUT2D eigenvalue weighted by atomic mass is 19.4. The molecule has 2 rings (SSSR count). The Kier molecular flexibility index (Phi) is 5.44. The van der Waals surface area contributed by atoms with E-state index in [0.29, 0.717) is 11.0 Å². The van der Waals surface area contributed by atoms with Crippen LogP contribution in [0.25, 0.3) is 22.6 Å². The van der Waals surface area contributed by atoms with Crippen molar-refractivity contribution in [1.82, 2.24) is 0 Å². The van der Waals surface area contributed by atoms with Crippen molar-refractivity contribution in [3.63, 3.8) is 0 Å². The van der Waals surface area contributed by atoms with Crippen LogP contribution in [0.4, 0.5) is 13.2 Å². The SMILES string of the molecule is C/C=C\C(=C/CC(F)(F)F)c1c(/C=C\C)oc2ccccc2c1=O. The zero-order valence-electron chi connectivity index (χ0n) is 13.4. The minimum Gasteiger partial charge on any atom is -0.456 e. The maximum absolute atomic E-state index is 12.8. The predicted octanol–water partition coefficient (Wildman–Crippen LogP) is 5.74. The molecule has 0 spiro atoms. The molecule has 0 radical (unpaired) electrons. The van der Waals surface area contributed by atoms with Crippen LogP contribution in [0.5, 0.6) is 0 Å². The van der Waals surface area contributed by atoms with Gasteiger partial charge in [-0.3, -0.25) is 4.79 Å². The number of benzene rings is 1. The summed E-state index contributed by atoms with van der Waals surface area (Å²) in [6.07, 6.45) is 1.88. The third-order valence-corrected chi connectivity index (χ3v) is 3.33. The molecule has 2 nitrogen and oxygen atoms in total. The minimum atomic E-state index is -4.34. The zero-order chi connectivity index (χ0) is 17.7. The second-order valence-electron chi connectivity index (χ2n) is 5.15. The Morgan fingerprint density at radius 3 is 2.50 bits per heavy atom. The quantitative estimate of drug-likeness (QED) is 0.668. The highest BCUT2D eigenvalue weighted by molar-refractivity contribution is 5.86. The molecule has 0 aliphatic carbocycles. The molecule has 5 heteroatoms. The Bertz CT molecular complexity index is 868. The molecule has 0 saturated heterocycles. The van der Waals surface area contributed by atoms with Crippen LogP contribution in [0, 0.1) is 0 Å². The van der Waals surface area contributed by atoms with Crippen molar-refractivity contribution in [2.75, 3.05) is 0 Å². The maximum Gasteiger partial charge on any atom is 0.392 e. The molecule has 1 aromatic carbocycles. The van der Waals surface area contributed by atoms with Gasteiger partial charge in [-0.2, -0.15) is 13.2 Å². The summed E-state index contributed by atoms with van der Waals surface area (Å²) >= 11 is 0. The number of hydrogen-bond donors (Lipinski definition) is 0. The Balaban J connectivity index is 2.77. The number of rotatable bonds is 4. The topological polar surface area (TPSA) is 30.2 Å². The summed E-state index contributed by atoms with van der Waals surface area (Å²) < 4.78 is 43.5. The molecule has 2 aromatic rings. The van der Waals surface area contributed by atoms with E-state index in [1.165, 1.54) is 6.08 Å². The average molecular weight is 334 g/mol. The molecule has 0 bridgehead atoms. The van der Waals surface area contributed by atoms with E-state index in [9.17, 15) is 18.0 Å². The second-order valence-corrected chi connectivity index (χ2v) is 5.15. The first-order chi connectivity index (χ1) is 11.4. The number of hydrogen-bond acceptors (Lipinski definition) is 2. The van der Waals surface area contributed by atoms with E-state index in [1.54, 1.807) is 56.3 Å². The summed E-state index contributed by atoms with van der Waals surface area (Å²) in [7, 11) is 0. The fourth-order valence-corrected chi connectivity index (χ4v) is 2.36. The van der Waals surface area contributed by atoms with Crippen LogP contribution >= 0.6 is 0 Å². The molecular formula is C19H17F3O2. The Morgan fingerprint density at radius 2 is 1.88 bits per heavy atom. The molecule has 1 aromatic heterocycles. The minimum absolute atomic E-state index is 0.133. The van der Waals surface area contributed by atoms with Crippen molar-refractivity contribution >= 4 is 22.6 Å². The van der Waals surface area contributed by atoms with Crippen LogP contribution in [-0.2, 0) is 0 Å². The van der Waals surface area contributed by atoms with Crippen molar-refractivity contribution in [3.8, 4) is 0 Å². The predicted molar refractivity (Wildman–Crippen MR) is 90.7 cm³/mol. The van der Waals surface area contributed by atoms with Crippen molar-refractivity contribution < 1.29 is 17.6 Å². The normalized spacial score (nSPS) is 13.5. The molecule has 126 valence electrons. The van der Waals surface area contributed by atoms with Gasteiger partial charge in [0, 0.05) is 0 Å². The Morgan fingerprint density at radius 1 is 1.17 bits per heavy atom. The van der Waals surface area contributed by atoms with Crippen LogP contribution < -0.4 is 5.43 Å². The molecule has 0 aliphatic rings. The van der Waals surface area contributed by atoms with E-state index in [1.807, 2.05) is 0 Å². The van der Waals surface area contributed by atoms with E-state index in [4.69, 9.17) is 4.42 Å². The molecule has 0 N–H and O–H groups in total. The lowest BCUT2D eigenvalue weighted by atomic mass is 10.00. The fraction of sp³-hybridized carbons (Fsp3) is 0.211. The summed E-state index contributed by atoms with van der Waals surface area (Å²) in [5.41, 5.74) is 0.378. The van der Waals surface area contributed by atoms with Crippen LogP contribution in [0.1, 0.15) is 31.6 Å². The Labute approximate surface area is 137 Å². The van der Waals surface area contributed by atoms with Gasteiger partial charge in [0.2, 0.25) is 5.43 Å². The van der Waals surface area contributed by atoms with Crippen LogP contribution in [0.15, 0.2) is 57.8 Å². The van der Waals surface area contributed by atoms with E-state index in [2.05, 4.69) is 0 Å². The molecule has 0 aliphatic heterocycles. The third-order valence-electron chi connectivity index (χ3n) is 3.33. The van der Waals surface area contributed by atoms with Gasteiger partial charge in [0.1, 0.15) is 11.3 Å². The average Bonchev–Trinajstić information content (AvgIpc) is 2.52. The second kappa shape index (κ2) is 7.34. The largest absolute Gasteiger partial charge is 0.456 e. The first kappa shape index (κ1) is 17.8. The number of fused-ring (bicyclic) bond motifs is 1. The molecule has 24 heavy (non-hydrogen) atoms. The number of alkyl halides is 3. The summed E-state index contributed by atoms with van der Waals surface area (Å²) in [5.74, 6) is 0.243. The lowest BCUT2D eigenvalue weighted by molar-refractivity contribution is -0.124. The highest BCUT2D eigenvalue weighted by Gasteiger charge is 2.26. The first-order valence-corrected chi connectivity index (χ1v) is 7.46. The highest BCUT2D eigenvalue weighted by Crippen LogP contribution is 2.27. The van der Waals surface area contributed by atoms with Crippen molar-refractivity contribution in [3.05, 3.63) is 70.1 Å². The van der Waals surface area contributed by atoms with E-state index >= 15 is 0 Å². The van der Waals surface area contributed by atoms with Gasteiger partial charge >= 0.3 is 6.18 Å². The molecule has 0 atom stereocenters. The summed E-state index contributed by atoms with van der Waals surface area (Å²) in [6.45, 7) is 3.42. The lowest BCUT2D eigenvalue weighted by Crippen LogP contribution is -2.11. The van der Waals surface area contributed by atoms with Gasteiger partial charge in [-0.25, -0.2) is 0 Å². The van der Waals surface area contributed by atoms with Crippen LogP contribution in [0.3, 0.4) is 0 Å². The molecule has 1 heterocycles. The molecule has 0 unspecified atom stereocenters. The molecule has 0 saturated carbocycles. The van der Waals surface area contributed by atoms with Gasteiger partial charge in [-0.05, 0) is 37.6 Å². The third kappa shape index (κ3) is 4.04. The molecular weight excluding hydrogens is 317 g/mol. The molecule has 0 fully saturated rings. The van der Waals surface area contributed by atoms with Crippen molar-refractivity contribution in [1.29, 1.82) is 0 Å². The summed E-state index contributed by atoms with van der Waals surface area (Å²) in [5, 5.41) is 0.336. The Hall–Kier alpha value is -2.56. The summed E-state index contributed by atoms with van der Waals surface area (Å²) in [6, 6.07) is 6.67.